The molecule has 1 aromatic heterocycles. The van der Waals surface area contributed by atoms with E-state index in [0.717, 1.165) is 34.0 Å². The topological polar surface area (TPSA) is 22.0 Å². The van der Waals surface area contributed by atoms with Crippen molar-refractivity contribution in [2.24, 2.45) is 0 Å². The highest BCUT2D eigenvalue weighted by atomic mass is 35.5. The van der Waals surface area contributed by atoms with E-state index in [9.17, 15) is 4.79 Å². The van der Waals surface area contributed by atoms with E-state index in [4.69, 9.17) is 23.2 Å². The van der Waals surface area contributed by atoms with Crippen molar-refractivity contribution in [3.8, 4) is 11.3 Å². The van der Waals surface area contributed by atoms with E-state index >= 15 is 0 Å². The average molecular weight is 380 g/mol. The van der Waals surface area contributed by atoms with Gasteiger partial charge in [0.25, 0.3) is 0 Å². The summed E-state index contributed by atoms with van der Waals surface area (Å²) in [6, 6.07) is 23.5. The van der Waals surface area contributed by atoms with Crippen molar-refractivity contribution in [3.05, 3.63) is 94.0 Å². The summed E-state index contributed by atoms with van der Waals surface area (Å²) in [7, 11) is 0. The zero-order valence-electron chi connectivity index (χ0n) is 13.8. The molecular weight excluding hydrogens is 365 g/mol. The number of carbonyl (C=O) groups excluding carboxylic acids is 1. The lowest BCUT2D eigenvalue weighted by atomic mass is 10.1. The van der Waals surface area contributed by atoms with Crippen molar-refractivity contribution in [2.45, 2.75) is 6.54 Å². The molecule has 0 bridgehead atoms. The van der Waals surface area contributed by atoms with Gasteiger partial charge < -0.3 is 4.57 Å². The minimum atomic E-state index is 0.516. The van der Waals surface area contributed by atoms with Crippen LogP contribution in [-0.4, -0.2) is 10.9 Å². The largest absolute Gasteiger partial charge is 0.334 e. The van der Waals surface area contributed by atoms with Gasteiger partial charge in [0.2, 0.25) is 0 Å². The number of benzene rings is 3. The van der Waals surface area contributed by atoms with Gasteiger partial charge in [-0.1, -0.05) is 83.9 Å². The summed E-state index contributed by atoms with van der Waals surface area (Å²) < 4.78 is 2.10. The number of hydrogen-bond acceptors (Lipinski definition) is 1. The Bertz CT molecular complexity index is 1090. The maximum absolute atomic E-state index is 12.0. The van der Waals surface area contributed by atoms with Crippen LogP contribution in [-0.2, 0) is 6.54 Å². The predicted octanol–water partition coefficient (Wildman–Crippen LogP) is 6.48. The fourth-order valence-corrected chi connectivity index (χ4v) is 3.98. The third-order valence-corrected chi connectivity index (χ3v) is 4.97. The first kappa shape index (κ1) is 16.9. The molecule has 0 saturated carbocycles. The first-order valence-electron chi connectivity index (χ1n) is 8.25. The monoisotopic (exact) mass is 379 g/mol. The minimum absolute atomic E-state index is 0.516. The van der Waals surface area contributed by atoms with Gasteiger partial charge in [0.15, 0.2) is 6.29 Å². The van der Waals surface area contributed by atoms with Crippen molar-refractivity contribution in [1.82, 2.24) is 4.57 Å². The quantitative estimate of drug-likeness (QED) is 0.372. The van der Waals surface area contributed by atoms with Crippen LogP contribution in [0.3, 0.4) is 0 Å². The summed E-state index contributed by atoms with van der Waals surface area (Å²) in [5, 5.41) is 1.82. The molecule has 0 fully saturated rings. The van der Waals surface area contributed by atoms with Gasteiger partial charge in [-0.05, 0) is 23.3 Å². The Labute approximate surface area is 161 Å². The van der Waals surface area contributed by atoms with Gasteiger partial charge >= 0.3 is 0 Å². The summed E-state index contributed by atoms with van der Waals surface area (Å²) in [5.41, 5.74) is 4.37. The number of aldehydes is 1. The Morgan fingerprint density at radius 1 is 0.885 bits per heavy atom. The molecule has 2 nitrogen and oxygen atoms in total. The van der Waals surface area contributed by atoms with Crippen molar-refractivity contribution in [1.29, 1.82) is 0 Å². The fourth-order valence-electron chi connectivity index (χ4n) is 3.38. The molecule has 0 aliphatic rings. The smallest absolute Gasteiger partial charge is 0.152 e. The zero-order valence-corrected chi connectivity index (χ0v) is 15.3. The number of fused-ring (bicyclic) bond motifs is 1. The molecule has 0 radical (unpaired) electrons. The SMILES string of the molecule is O=Cc1c(-c2ccccc2)n(Cc2ccccc2)c2c(Cl)cc(Cl)cc12. The molecule has 0 aliphatic carbocycles. The van der Waals surface area contributed by atoms with E-state index in [2.05, 4.69) is 16.7 Å². The van der Waals surface area contributed by atoms with Crippen LogP contribution < -0.4 is 0 Å². The van der Waals surface area contributed by atoms with Crippen LogP contribution in [0.2, 0.25) is 10.0 Å². The molecule has 4 rings (SSSR count). The van der Waals surface area contributed by atoms with Crippen LogP contribution in [0.1, 0.15) is 15.9 Å². The maximum Gasteiger partial charge on any atom is 0.152 e. The van der Waals surface area contributed by atoms with Crippen LogP contribution in [0.5, 0.6) is 0 Å². The van der Waals surface area contributed by atoms with Gasteiger partial charge in [0, 0.05) is 22.5 Å². The van der Waals surface area contributed by atoms with Crippen molar-refractivity contribution in [3.63, 3.8) is 0 Å². The van der Waals surface area contributed by atoms with Gasteiger partial charge in [-0.15, -0.1) is 0 Å². The Kier molecular flexibility index (Phi) is 4.54. The molecule has 0 unspecified atom stereocenters. The van der Waals surface area contributed by atoms with E-state index < -0.39 is 0 Å². The van der Waals surface area contributed by atoms with E-state index in [1.165, 1.54) is 0 Å². The predicted molar refractivity (Wildman–Crippen MR) is 108 cm³/mol. The molecule has 128 valence electrons. The van der Waals surface area contributed by atoms with Crippen LogP contribution in [0, 0.1) is 0 Å². The van der Waals surface area contributed by atoms with E-state index in [-0.39, 0.29) is 0 Å². The highest BCUT2D eigenvalue weighted by Gasteiger charge is 2.21. The van der Waals surface area contributed by atoms with Gasteiger partial charge in [-0.2, -0.15) is 0 Å². The second-order valence-electron chi connectivity index (χ2n) is 6.10. The van der Waals surface area contributed by atoms with Crippen LogP contribution in [0.25, 0.3) is 22.2 Å². The van der Waals surface area contributed by atoms with Crippen molar-refractivity contribution < 1.29 is 4.79 Å². The second kappa shape index (κ2) is 6.99. The molecule has 0 spiro atoms. The molecule has 4 heteroatoms. The molecule has 0 atom stereocenters. The molecule has 0 N–H and O–H groups in total. The van der Waals surface area contributed by atoms with Crippen LogP contribution in [0.15, 0.2) is 72.8 Å². The first-order valence-corrected chi connectivity index (χ1v) is 9.00. The number of aromatic nitrogens is 1. The Hall–Kier alpha value is -2.55. The molecule has 0 saturated heterocycles. The van der Waals surface area contributed by atoms with Gasteiger partial charge in [-0.25, -0.2) is 0 Å². The zero-order chi connectivity index (χ0) is 18.1. The summed E-state index contributed by atoms with van der Waals surface area (Å²) in [6.45, 7) is 0.608. The normalized spacial score (nSPS) is 11.0. The Morgan fingerprint density at radius 2 is 1.54 bits per heavy atom. The molecule has 3 aromatic carbocycles. The lowest BCUT2D eigenvalue weighted by Crippen LogP contribution is -2.03. The minimum Gasteiger partial charge on any atom is -0.334 e. The average Bonchev–Trinajstić information content (AvgIpc) is 2.96. The lowest BCUT2D eigenvalue weighted by Gasteiger charge is -2.13. The Balaban J connectivity index is 2.08. The van der Waals surface area contributed by atoms with Gasteiger partial charge in [0.1, 0.15) is 0 Å². The number of halogens is 2. The highest BCUT2D eigenvalue weighted by molar-refractivity contribution is 6.39. The number of rotatable bonds is 4. The summed E-state index contributed by atoms with van der Waals surface area (Å²) in [4.78, 5) is 12.0. The summed E-state index contributed by atoms with van der Waals surface area (Å²) in [5.74, 6) is 0. The second-order valence-corrected chi connectivity index (χ2v) is 6.95. The number of hydrogen-bond donors (Lipinski definition) is 0. The maximum atomic E-state index is 12.0. The fraction of sp³-hybridized carbons (Fsp3) is 0.0455. The summed E-state index contributed by atoms with van der Waals surface area (Å²) in [6.07, 6.45) is 0.888. The van der Waals surface area contributed by atoms with E-state index in [0.29, 0.717) is 22.2 Å². The van der Waals surface area contributed by atoms with Gasteiger partial charge in [0.05, 0.1) is 16.2 Å². The third kappa shape index (κ3) is 2.92. The van der Waals surface area contributed by atoms with Crippen LogP contribution in [0.4, 0.5) is 0 Å². The molecule has 0 amide bonds. The van der Waals surface area contributed by atoms with Gasteiger partial charge in [-0.3, -0.25) is 4.79 Å². The standard InChI is InChI=1S/C22H15Cl2NO/c23-17-11-18-19(14-26)21(16-9-5-2-6-10-16)25(22(18)20(24)12-17)13-15-7-3-1-4-8-15/h1-12,14H,13H2. The summed E-state index contributed by atoms with van der Waals surface area (Å²) >= 11 is 12.8. The van der Waals surface area contributed by atoms with Crippen LogP contribution >= 0.6 is 23.2 Å². The highest BCUT2D eigenvalue weighted by Crippen LogP contribution is 2.38. The van der Waals surface area contributed by atoms with Crippen molar-refractivity contribution >= 4 is 40.4 Å². The van der Waals surface area contributed by atoms with E-state index in [1.807, 2.05) is 48.5 Å². The first-order chi connectivity index (χ1) is 12.7. The molecule has 4 aromatic rings. The lowest BCUT2D eigenvalue weighted by molar-refractivity contribution is 0.112. The Morgan fingerprint density at radius 3 is 2.19 bits per heavy atom. The van der Waals surface area contributed by atoms with Crippen molar-refractivity contribution in [2.75, 3.05) is 0 Å². The molecule has 0 aliphatic heterocycles. The molecule has 26 heavy (non-hydrogen) atoms. The third-order valence-electron chi connectivity index (χ3n) is 4.46. The molecular formula is C22H15Cl2NO. The number of nitrogens with zero attached hydrogens (tertiary/aromatic N) is 1. The number of carbonyl (C=O) groups is 1. The van der Waals surface area contributed by atoms with E-state index in [1.54, 1.807) is 12.1 Å². The molecule has 1 heterocycles.